The Kier molecular flexibility index (Phi) is 3.47. The molecule has 6 nitrogen and oxygen atoms in total. The number of nitrogens with zero attached hydrogens (tertiary/aromatic N) is 3. The van der Waals surface area contributed by atoms with Gasteiger partial charge in [0.2, 0.25) is 0 Å². The van der Waals surface area contributed by atoms with Gasteiger partial charge in [-0.25, -0.2) is 4.98 Å². The van der Waals surface area contributed by atoms with Gasteiger partial charge in [-0.1, -0.05) is 0 Å². The molecule has 1 aliphatic carbocycles. The molecule has 0 radical (unpaired) electrons. The van der Waals surface area contributed by atoms with Gasteiger partial charge in [-0.05, 0) is 31.7 Å². The summed E-state index contributed by atoms with van der Waals surface area (Å²) in [6, 6.07) is 3.16. The molecule has 0 unspecified atom stereocenters. The molecule has 0 atom stereocenters. The molecule has 1 aliphatic rings. The maximum absolute atomic E-state index is 10.7. The second kappa shape index (κ2) is 4.89. The van der Waals surface area contributed by atoms with Crippen LogP contribution in [0, 0.1) is 23.0 Å². The minimum atomic E-state index is -0.422. The van der Waals surface area contributed by atoms with Gasteiger partial charge in [0.15, 0.2) is 0 Å². The molecule has 0 saturated heterocycles. The minimum Gasteiger partial charge on any atom is -0.393 e. The van der Waals surface area contributed by atoms with Crippen molar-refractivity contribution in [3.05, 3.63) is 27.9 Å². The standard InChI is InChI=1S/C12H17N3O3/c1-8-11(15(17)18)3-4-12(13-8)14(2)7-9-5-10(16)6-9/h3-4,9-10,16H,5-7H2,1-2H3. The van der Waals surface area contributed by atoms with Crippen LogP contribution in [0.15, 0.2) is 12.1 Å². The summed E-state index contributed by atoms with van der Waals surface area (Å²) in [5.41, 5.74) is 0.476. The zero-order valence-corrected chi connectivity index (χ0v) is 10.5. The Bertz CT molecular complexity index is 458. The molecule has 6 heteroatoms. The molecule has 0 amide bonds. The van der Waals surface area contributed by atoms with Crippen molar-refractivity contribution in [1.82, 2.24) is 4.98 Å². The van der Waals surface area contributed by atoms with Crippen molar-refractivity contribution in [1.29, 1.82) is 0 Å². The fourth-order valence-corrected chi connectivity index (χ4v) is 2.28. The fourth-order valence-electron chi connectivity index (χ4n) is 2.28. The van der Waals surface area contributed by atoms with Crippen LogP contribution < -0.4 is 4.90 Å². The van der Waals surface area contributed by atoms with Crippen LogP contribution >= 0.6 is 0 Å². The molecule has 1 aromatic rings. The van der Waals surface area contributed by atoms with Crippen LogP contribution in [-0.4, -0.2) is 34.7 Å². The van der Waals surface area contributed by atoms with E-state index >= 15 is 0 Å². The van der Waals surface area contributed by atoms with E-state index in [1.807, 2.05) is 11.9 Å². The van der Waals surface area contributed by atoms with Crippen LogP contribution in [0.25, 0.3) is 0 Å². The Balaban J connectivity index is 2.04. The number of nitro groups is 1. The number of pyridine rings is 1. The molecule has 1 fully saturated rings. The number of aryl methyl sites for hydroxylation is 1. The van der Waals surface area contributed by atoms with Gasteiger partial charge < -0.3 is 10.0 Å². The lowest BCUT2D eigenvalue weighted by atomic mass is 9.82. The van der Waals surface area contributed by atoms with Crippen molar-refractivity contribution >= 4 is 11.5 Å². The normalized spacial score (nSPS) is 22.4. The van der Waals surface area contributed by atoms with Crippen molar-refractivity contribution in [2.75, 3.05) is 18.5 Å². The van der Waals surface area contributed by atoms with Crippen molar-refractivity contribution in [2.24, 2.45) is 5.92 Å². The van der Waals surface area contributed by atoms with Crippen LogP contribution in [0.4, 0.5) is 11.5 Å². The number of anilines is 1. The first-order valence-corrected chi connectivity index (χ1v) is 5.98. The molecule has 18 heavy (non-hydrogen) atoms. The highest BCUT2D eigenvalue weighted by molar-refractivity contribution is 5.46. The number of aliphatic hydroxyl groups is 1. The van der Waals surface area contributed by atoms with Gasteiger partial charge in [0.1, 0.15) is 11.5 Å². The minimum absolute atomic E-state index is 0.0474. The highest BCUT2D eigenvalue weighted by Gasteiger charge is 2.28. The smallest absolute Gasteiger partial charge is 0.290 e. The quantitative estimate of drug-likeness (QED) is 0.648. The number of hydrogen-bond acceptors (Lipinski definition) is 5. The van der Waals surface area contributed by atoms with E-state index in [1.54, 1.807) is 13.0 Å². The second-order valence-corrected chi connectivity index (χ2v) is 4.90. The van der Waals surface area contributed by atoms with E-state index in [2.05, 4.69) is 4.98 Å². The third-order valence-corrected chi connectivity index (χ3v) is 3.37. The second-order valence-electron chi connectivity index (χ2n) is 4.90. The van der Waals surface area contributed by atoms with Crippen molar-refractivity contribution in [2.45, 2.75) is 25.9 Å². The van der Waals surface area contributed by atoms with Gasteiger partial charge in [0, 0.05) is 19.7 Å². The summed E-state index contributed by atoms with van der Waals surface area (Å²) in [4.78, 5) is 16.5. The van der Waals surface area contributed by atoms with Crippen LogP contribution in [0.5, 0.6) is 0 Å². The number of aliphatic hydroxyl groups excluding tert-OH is 1. The molecule has 0 aromatic carbocycles. The summed E-state index contributed by atoms with van der Waals surface area (Å²) in [5, 5.41) is 19.9. The van der Waals surface area contributed by atoms with Gasteiger partial charge in [-0.3, -0.25) is 10.1 Å². The Morgan fingerprint density at radius 1 is 1.56 bits per heavy atom. The molecule has 98 valence electrons. The number of hydrogen-bond donors (Lipinski definition) is 1. The Morgan fingerprint density at radius 3 is 2.72 bits per heavy atom. The first kappa shape index (κ1) is 12.8. The lowest BCUT2D eigenvalue weighted by Gasteiger charge is -2.34. The summed E-state index contributed by atoms with van der Waals surface area (Å²) < 4.78 is 0. The predicted molar refractivity (Wildman–Crippen MR) is 67.6 cm³/mol. The predicted octanol–water partition coefficient (Wildman–Crippen LogP) is 1.51. The van der Waals surface area contributed by atoms with Crippen LogP contribution in [-0.2, 0) is 0 Å². The van der Waals surface area contributed by atoms with E-state index in [9.17, 15) is 15.2 Å². The lowest BCUT2D eigenvalue weighted by molar-refractivity contribution is -0.385. The number of aromatic nitrogens is 1. The maximum Gasteiger partial charge on any atom is 0.290 e. The van der Waals surface area contributed by atoms with Gasteiger partial charge in [-0.15, -0.1) is 0 Å². The van der Waals surface area contributed by atoms with E-state index < -0.39 is 4.92 Å². The first-order valence-electron chi connectivity index (χ1n) is 5.98. The van der Waals surface area contributed by atoms with Crippen LogP contribution in [0.1, 0.15) is 18.5 Å². The summed E-state index contributed by atoms with van der Waals surface area (Å²) in [7, 11) is 1.91. The SMILES string of the molecule is Cc1nc(N(C)CC2CC(O)C2)ccc1[N+](=O)[O-]. The van der Waals surface area contributed by atoms with Crippen molar-refractivity contribution in [3.63, 3.8) is 0 Å². The maximum atomic E-state index is 10.7. The first-order chi connectivity index (χ1) is 8.47. The molecule has 0 bridgehead atoms. The summed E-state index contributed by atoms with van der Waals surface area (Å²) in [6.07, 6.45) is 1.50. The molecular weight excluding hydrogens is 234 g/mol. The zero-order valence-electron chi connectivity index (χ0n) is 10.5. The average molecular weight is 251 g/mol. The largest absolute Gasteiger partial charge is 0.393 e. The lowest BCUT2D eigenvalue weighted by Crippen LogP contribution is -2.37. The van der Waals surface area contributed by atoms with E-state index in [0.29, 0.717) is 11.6 Å². The Morgan fingerprint density at radius 2 is 2.22 bits per heavy atom. The summed E-state index contributed by atoms with van der Waals surface area (Å²) in [6.45, 7) is 2.46. The molecule has 1 N–H and O–H groups in total. The van der Waals surface area contributed by atoms with Gasteiger partial charge >= 0.3 is 0 Å². The van der Waals surface area contributed by atoms with E-state index in [1.165, 1.54) is 6.07 Å². The highest BCUT2D eigenvalue weighted by Crippen LogP contribution is 2.29. The molecule has 1 saturated carbocycles. The Hall–Kier alpha value is -1.69. The zero-order chi connectivity index (χ0) is 13.3. The molecule has 0 aliphatic heterocycles. The number of rotatable bonds is 4. The monoisotopic (exact) mass is 251 g/mol. The van der Waals surface area contributed by atoms with E-state index in [-0.39, 0.29) is 11.8 Å². The fraction of sp³-hybridized carbons (Fsp3) is 0.583. The van der Waals surface area contributed by atoms with E-state index in [4.69, 9.17) is 0 Å². The van der Waals surface area contributed by atoms with Crippen molar-refractivity contribution < 1.29 is 10.0 Å². The molecular formula is C12H17N3O3. The molecule has 1 heterocycles. The van der Waals surface area contributed by atoms with Gasteiger partial charge in [-0.2, -0.15) is 0 Å². The van der Waals surface area contributed by atoms with Crippen molar-refractivity contribution in [3.8, 4) is 0 Å². The highest BCUT2D eigenvalue weighted by atomic mass is 16.6. The molecule has 2 rings (SSSR count). The molecule has 0 spiro atoms. The third-order valence-electron chi connectivity index (χ3n) is 3.37. The molecule has 1 aromatic heterocycles. The van der Waals surface area contributed by atoms with E-state index in [0.717, 1.165) is 25.2 Å². The van der Waals surface area contributed by atoms with Gasteiger partial charge in [0.05, 0.1) is 11.0 Å². The van der Waals surface area contributed by atoms with Crippen LogP contribution in [0.2, 0.25) is 0 Å². The topological polar surface area (TPSA) is 79.5 Å². The van der Waals surface area contributed by atoms with Gasteiger partial charge in [0.25, 0.3) is 5.69 Å². The summed E-state index contributed by atoms with van der Waals surface area (Å²) in [5.74, 6) is 1.22. The third kappa shape index (κ3) is 2.59. The van der Waals surface area contributed by atoms with Crippen LogP contribution in [0.3, 0.4) is 0 Å². The Labute approximate surface area is 105 Å². The summed E-state index contributed by atoms with van der Waals surface area (Å²) >= 11 is 0. The average Bonchev–Trinajstić information content (AvgIpc) is 2.26.